The molecule has 0 fully saturated rings. The number of rotatable bonds is 5. The minimum absolute atomic E-state index is 0.187. The Hall–Kier alpha value is -2.43. The third kappa shape index (κ3) is 3.78. The molecule has 0 aliphatic heterocycles. The predicted octanol–water partition coefficient (Wildman–Crippen LogP) is 2.86. The number of nitrogens with zero attached hydrogens (tertiary/aromatic N) is 2. The molecule has 1 amide bonds. The summed E-state index contributed by atoms with van der Waals surface area (Å²) in [5.41, 5.74) is 1.72. The Bertz CT molecular complexity index is 563. The van der Waals surface area contributed by atoms with E-state index in [1.807, 2.05) is 19.1 Å². The molecule has 1 aromatic carbocycles. The summed E-state index contributed by atoms with van der Waals surface area (Å²) in [6, 6.07) is 10.9. The number of aromatic nitrogens is 2. The highest BCUT2D eigenvalue weighted by Gasteiger charge is 2.06. The topological polar surface area (TPSA) is 66.9 Å². The second-order valence-corrected chi connectivity index (χ2v) is 4.55. The Labute approximate surface area is 118 Å². The predicted molar refractivity (Wildman–Crippen MR) is 79.9 cm³/mol. The van der Waals surface area contributed by atoms with E-state index < -0.39 is 0 Å². The number of aryl methyl sites for hydroxylation is 1. The van der Waals surface area contributed by atoms with Crippen molar-refractivity contribution in [3.05, 3.63) is 47.5 Å². The first kappa shape index (κ1) is 14.0. The van der Waals surface area contributed by atoms with Gasteiger partial charge in [0.1, 0.15) is 5.82 Å². The van der Waals surface area contributed by atoms with Gasteiger partial charge in [-0.2, -0.15) is 0 Å². The number of amides is 1. The molecule has 0 aliphatic rings. The molecule has 1 heterocycles. The van der Waals surface area contributed by atoms with Crippen LogP contribution in [-0.2, 0) is 0 Å². The van der Waals surface area contributed by atoms with E-state index in [0.29, 0.717) is 17.2 Å². The lowest BCUT2D eigenvalue weighted by Crippen LogP contribution is -2.13. The van der Waals surface area contributed by atoms with Crippen molar-refractivity contribution >= 4 is 17.5 Å². The summed E-state index contributed by atoms with van der Waals surface area (Å²) in [5, 5.41) is 13.8. The van der Waals surface area contributed by atoms with Gasteiger partial charge in [0.25, 0.3) is 5.91 Å². The summed E-state index contributed by atoms with van der Waals surface area (Å²) in [6.45, 7) is 4.91. The minimum atomic E-state index is -0.187. The molecule has 5 heteroatoms. The Kier molecular flexibility index (Phi) is 4.65. The van der Waals surface area contributed by atoms with Gasteiger partial charge in [0.2, 0.25) is 0 Å². The van der Waals surface area contributed by atoms with Gasteiger partial charge in [0, 0.05) is 12.1 Å². The van der Waals surface area contributed by atoms with E-state index in [0.717, 1.165) is 18.5 Å². The van der Waals surface area contributed by atoms with Crippen molar-refractivity contribution in [2.45, 2.75) is 20.3 Å². The molecular weight excluding hydrogens is 252 g/mol. The van der Waals surface area contributed by atoms with E-state index in [4.69, 9.17) is 0 Å². The summed E-state index contributed by atoms with van der Waals surface area (Å²) >= 11 is 0. The highest BCUT2D eigenvalue weighted by Crippen LogP contribution is 2.09. The highest BCUT2D eigenvalue weighted by atomic mass is 16.1. The molecule has 2 N–H and O–H groups in total. The molecule has 1 aromatic heterocycles. The third-order valence-electron chi connectivity index (χ3n) is 2.78. The number of hydrogen-bond donors (Lipinski definition) is 2. The molecule has 5 nitrogen and oxygen atoms in total. The van der Waals surface area contributed by atoms with Gasteiger partial charge in [-0.15, -0.1) is 10.2 Å². The molecule has 0 saturated carbocycles. The lowest BCUT2D eigenvalue weighted by Gasteiger charge is -2.06. The summed E-state index contributed by atoms with van der Waals surface area (Å²) in [4.78, 5) is 12.0. The zero-order valence-corrected chi connectivity index (χ0v) is 11.7. The first-order valence-electron chi connectivity index (χ1n) is 6.64. The van der Waals surface area contributed by atoms with Crippen molar-refractivity contribution in [3.63, 3.8) is 0 Å². The molecule has 0 spiro atoms. The van der Waals surface area contributed by atoms with E-state index in [9.17, 15) is 4.79 Å². The van der Waals surface area contributed by atoms with Gasteiger partial charge in [-0.1, -0.05) is 24.6 Å². The Morgan fingerprint density at radius 2 is 1.70 bits per heavy atom. The quantitative estimate of drug-likeness (QED) is 0.876. The monoisotopic (exact) mass is 270 g/mol. The standard InChI is InChI=1S/C15H18N4O/c1-3-10-16-13-8-9-14(19-18-13)17-15(20)12-6-4-11(2)5-7-12/h4-9H,3,10H2,1-2H3,(H,16,18)(H,17,19,20). The van der Waals surface area contributed by atoms with Crippen LogP contribution in [0, 0.1) is 6.92 Å². The fraction of sp³-hybridized carbons (Fsp3) is 0.267. The fourth-order valence-corrected chi connectivity index (χ4v) is 1.64. The molecular formula is C15H18N4O. The second-order valence-electron chi connectivity index (χ2n) is 4.55. The first-order chi connectivity index (χ1) is 9.69. The molecule has 0 saturated heterocycles. The maximum Gasteiger partial charge on any atom is 0.256 e. The van der Waals surface area contributed by atoms with Gasteiger partial charge in [-0.05, 0) is 37.6 Å². The molecule has 0 bridgehead atoms. The fourth-order valence-electron chi connectivity index (χ4n) is 1.64. The first-order valence-corrected chi connectivity index (χ1v) is 6.64. The van der Waals surface area contributed by atoms with Crippen LogP contribution in [0.3, 0.4) is 0 Å². The molecule has 0 radical (unpaired) electrons. The van der Waals surface area contributed by atoms with Crippen LogP contribution in [0.1, 0.15) is 29.3 Å². The van der Waals surface area contributed by atoms with Crippen LogP contribution in [0.5, 0.6) is 0 Å². The molecule has 0 atom stereocenters. The van der Waals surface area contributed by atoms with Crippen molar-refractivity contribution in [2.75, 3.05) is 17.2 Å². The van der Waals surface area contributed by atoms with E-state index in [2.05, 4.69) is 27.8 Å². The maximum absolute atomic E-state index is 12.0. The average molecular weight is 270 g/mol. The van der Waals surface area contributed by atoms with Crippen molar-refractivity contribution in [2.24, 2.45) is 0 Å². The Balaban J connectivity index is 1.99. The Morgan fingerprint density at radius 3 is 2.30 bits per heavy atom. The van der Waals surface area contributed by atoms with Crippen molar-refractivity contribution < 1.29 is 4.79 Å². The van der Waals surface area contributed by atoms with Gasteiger partial charge in [0.15, 0.2) is 5.82 Å². The third-order valence-corrected chi connectivity index (χ3v) is 2.78. The van der Waals surface area contributed by atoms with E-state index in [1.165, 1.54) is 0 Å². The summed E-state index contributed by atoms with van der Waals surface area (Å²) in [7, 11) is 0. The van der Waals surface area contributed by atoms with E-state index in [-0.39, 0.29) is 5.91 Å². The molecule has 0 unspecified atom stereocenters. The van der Waals surface area contributed by atoms with Gasteiger partial charge in [0.05, 0.1) is 0 Å². The van der Waals surface area contributed by atoms with Crippen molar-refractivity contribution in [3.8, 4) is 0 Å². The van der Waals surface area contributed by atoms with Gasteiger partial charge >= 0.3 is 0 Å². The number of carbonyl (C=O) groups is 1. The van der Waals surface area contributed by atoms with Crippen LogP contribution in [0.4, 0.5) is 11.6 Å². The molecule has 2 aromatic rings. The van der Waals surface area contributed by atoms with Crippen LogP contribution in [0.15, 0.2) is 36.4 Å². The smallest absolute Gasteiger partial charge is 0.256 e. The van der Waals surface area contributed by atoms with Gasteiger partial charge in [-0.25, -0.2) is 0 Å². The van der Waals surface area contributed by atoms with E-state index >= 15 is 0 Å². The summed E-state index contributed by atoms with van der Waals surface area (Å²) in [5.74, 6) is 0.964. The minimum Gasteiger partial charge on any atom is -0.369 e. The van der Waals surface area contributed by atoms with Gasteiger partial charge in [-0.3, -0.25) is 4.79 Å². The lowest BCUT2D eigenvalue weighted by atomic mass is 10.1. The molecule has 104 valence electrons. The number of anilines is 2. The van der Waals surface area contributed by atoms with Crippen molar-refractivity contribution in [1.29, 1.82) is 0 Å². The Morgan fingerprint density at radius 1 is 1.05 bits per heavy atom. The van der Waals surface area contributed by atoms with Crippen molar-refractivity contribution in [1.82, 2.24) is 10.2 Å². The van der Waals surface area contributed by atoms with Crippen LogP contribution < -0.4 is 10.6 Å². The van der Waals surface area contributed by atoms with Gasteiger partial charge < -0.3 is 10.6 Å². The number of nitrogens with one attached hydrogen (secondary N) is 2. The van der Waals surface area contributed by atoms with Crippen LogP contribution in [-0.4, -0.2) is 22.6 Å². The zero-order chi connectivity index (χ0) is 14.4. The normalized spacial score (nSPS) is 10.1. The van der Waals surface area contributed by atoms with E-state index in [1.54, 1.807) is 24.3 Å². The second kappa shape index (κ2) is 6.65. The number of hydrogen-bond acceptors (Lipinski definition) is 4. The summed E-state index contributed by atoms with van der Waals surface area (Å²) < 4.78 is 0. The average Bonchev–Trinajstić information content (AvgIpc) is 2.47. The highest BCUT2D eigenvalue weighted by molar-refractivity contribution is 6.03. The SMILES string of the molecule is CCCNc1ccc(NC(=O)c2ccc(C)cc2)nn1. The molecule has 2 rings (SSSR count). The number of carbonyl (C=O) groups excluding carboxylic acids is 1. The number of benzene rings is 1. The lowest BCUT2D eigenvalue weighted by molar-refractivity contribution is 0.102. The van der Waals surface area contributed by atoms with Crippen LogP contribution in [0.25, 0.3) is 0 Å². The zero-order valence-electron chi connectivity index (χ0n) is 11.7. The largest absolute Gasteiger partial charge is 0.369 e. The van der Waals surface area contributed by atoms with Crippen LogP contribution >= 0.6 is 0 Å². The molecule has 20 heavy (non-hydrogen) atoms. The van der Waals surface area contributed by atoms with Crippen LogP contribution in [0.2, 0.25) is 0 Å². The molecule has 0 aliphatic carbocycles. The maximum atomic E-state index is 12.0. The summed E-state index contributed by atoms with van der Waals surface area (Å²) in [6.07, 6.45) is 1.02.